The molecule has 0 saturated carbocycles. The molecule has 3 N–H and O–H groups in total. The van der Waals surface area contributed by atoms with Crippen LogP contribution in [-0.4, -0.2) is 9.97 Å². The van der Waals surface area contributed by atoms with Crippen LogP contribution in [-0.2, 0) is 0 Å². The van der Waals surface area contributed by atoms with Crippen molar-refractivity contribution in [2.45, 2.75) is 13.8 Å². The summed E-state index contributed by atoms with van der Waals surface area (Å²) in [5, 5.41) is 12.0. The van der Waals surface area contributed by atoms with Gasteiger partial charge < -0.3 is 11.1 Å². The lowest BCUT2D eigenvalue weighted by molar-refractivity contribution is 1.04. The van der Waals surface area contributed by atoms with Crippen LogP contribution in [0.25, 0.3) is 0 Å². The van der Waals surface area contributed by atoms with Crippen molar-refractivity contribution in [2.75, 3.05) is 11.1 Å². The third-order valence-corrected chi connectivity index (χ3v) is 3.30. The van der Waals surface area contributed by atoms with E-state index >= 15 is 0 Å². The summed E-state index contributed by atoms with van der Waals surface area (Å²) in [7, 11) is 0. The summed E-state index contributed by atoms with van der Waals surface area (Å²) < 4.78 is 0.792. The van der Waals surface area contributed by atoms with E-state index in [1.165, 1.54) is 0 Å². The predicted octanol–water partition coefficient (Wildman–Crippen LogP) is 3.05. The molecule has 0 aliphatic carbocycles. The maximum Gasteiger partial charge on any atom is 0.139 e. The van der Waals surface area contributed by atoms with E-state index in [-0.39, 0.29) is 0 Å². The van der Waals surface area contributed by atoms with E-state index in [2.05, 4.69) is 37.3 Å². The molecule has 0 atom stereocenters. The Morgan fingerprint density at radius 3 is 2.68 bits per heavy atom. The number of rotatable bonds is 2. The number of aryl methyl sites for hydroxylation is 1. The van der Waals surface area contributed by atoms with E-state index in [9.17, 15) is 0 Å². The molecule has 5 nitrogen and oxygen atoms in total. The Bertz CT molecular complexity index is 675. The first kappa shape index (κ1) is 13.3. The number of nitrogens with one attached hydrogen (secondary N) is 1. The summed E-state index contributed by atoms with van der Waals surface area (Å²) in [6.45, 7) is 3.64. The van der Waals surface area contributed by atoms with Crippen molar-refractivity contribution in [2.24, 2.45) is 0 Å². The van der Waals surface area contributed by atoms with Gasteiger partial charge in [-0.25, -0.2) is 9.97 Å². The molecule has 0 spiro atoms. The van der Waals surface area contributed by atoms with Crippen molar-refractivity contribution in [3.05, 3.63) is 39.6 Å². The SMILES string of the molecule is Cc1nc(N)c(C)c(Nc2ccc(C#N)cc2Br)n1. The highest BCUT2D eigenvalue weighted by Crippen LogP contribution is 2.28. The van der Waals surface area contributed by atoms with Crippen LogP contribution in [0.3, 0.4) is 0 Å². The Morgan fingerprint density at radius 1 is 1.32 bits per heavy atom. The smallest absolute Gasteiger partial charge is 0.139 e. The third kappa shape index (κ3) is 2.83. The fourth-order valence-corrected chi connectivity index (χ4v) is 2.06. The highest BCUT2D eigenvalue weighted by Gasteiger charge is 2.09. The zero-order valence-electron chi connectivity index (χ0n) is 10.5. The lowest BCUT2D eigenvalue weighted by Gasteiger charge is -2.12. The van der Waals surface area contributed by atoms with E-state index in [1.54, 1.807) is 19.1 Å². The molecular weight excluding hydrogens is 306 g/mol. The molecule has 2 aromatic rings. The number of benzene rings is 1. The van der Waals surface area contributed by atoms with Crippen molar-refractivity contribution in [3.8, 4) is 6.07 Å². The third-order valence-electron chi connectivity index (χ3n) is 2.65. The van der Waals surface area contributed by atoms with Crippen molar-refractivity contribution in [1.29, 1.82) is 5.26 Å². The molecule has 6 heteroatoms. The van der Waals surface area contributed by atoms with Crippen LogP contribution < -0.4 is 11.1 Å². The maximum atomic E-state index is 8.83. The van der Waals surface area contributed by atoms with E-state index in [0.717, 1.165) is 15.7 Å². The van der Waals surface area contributed by atoms with Crippen LogP contribution in [0.4, 0.5) is 17.3 Å². The highest BCUT2D eigenvalue weighted by atomic mass is 79.9. The number of nitriles is 1. The number of nitrogen functional groups attached to an aromatic ring is 1. The molecule has 0 aliphatic heterocycles. The van der Waals surface area contributed by atoms with Crippen LogP contribution >= 0.6 is 15.9 Å². The zero-order chi connectivity index (χ0) is 14.0. The molecule has 0 aliphatic rings. The number of anilines is 3. The number of nitrogens with zero attached hydrogens (tertiary/aromatic N) is 3. The molecule has 0 fully saturated rings. The molecule has 1 heterocycles. The second kappa shape index (κ2) is 5.24. The second-order valence-corrected chi connectivity index (χ2v) is 4.92. The molecule has 2 rings (SSSR count). The van der Waals surface area contributed by atoms with Gasteiger partial charge in [-0.2, -0.15) is 5.26 Å². The minimum atomic E-state index is 0.458. The summed E-state index contributed by atoms with van der Waals surface area (Å²) in [4.78, 5) is 8.42. The molecular formula is C13H12BrN5. The Kier molecular flexibility index (Phi) is 3.67. The van der Waals surface area contributed by atoms with Gasteiger partial charge >= 0.3 is 0 Å². The number of halogens is 1. The fourth-order valence-electron chi connectivity index (χ4n) is 1.59. The van der Waals surface area contributed by atoms with Crippen molar-refractivity contribution in [3.63, 3.8) is 0 Å². The minimum Gasteiger partial charge on any atom is -0.383 e. The van der Waals surface area contributed by atoms with Gasteiger partial charge in [-0.3, -0.25) is 0 Å². The maximum absolute atomic E-state index is 8.83. The molecule has 0 bridgehead atoms. The Labute approximate surface area is 119 Å². The van der Waals surface area contributed by atoms with Gasteiger partial charge in [0.2, 0.25) is 0 Å². The average molecular weight is 318 g/mol. The van der Waals surface area contributed by atoms with Gasteiger partial charge in [0.15, 0.2) is 0 Å². The number of hydrogen-bond acceptors (Lipinski definition) is 5. The van der Waals surface area contributed by atoms with E-state index in [0.29, 0.717) is 23.0 Å². The summed E-state index contributed by atoms with van der Waals surface area (Å²) in [5.41, 5.74) is 8.02. The Morgan fingerprint density at radius 2 is 2.05 bits per heavy atom. The lowest BCUT2D eigenvalue weighted by Crippen LogP contribution is -2.05. The first-order valence-corrected chi connectivity index (χ1v) is 6.38. The van der Waals surface area contributed by atoms with E-state index in [4.69, 9.17) is 11.0 Å². The first-order chi connectivity index (χ1) is 9.01. The summed E-state index contributed by atoms with van der Waals surface area (Å²) in [6, 6.07) is 7.38. The molecule has 1 aromatic heterocycles. The number of aromatic nitrogens is 2. The predicted molar refractivity (Wildman–Crippen MR) is 78.1 cm³/mol. The van der Waals surface area contributed by atoms with Gasteiger partial charge in [-0.1, -0.05) is 0 Å². The minimum absolute atomic E-state index is 0.458. The number of nitrogens with two attached hydrogens (primary N) is 1. The Hall–Kier alpha value is -2.13. The van der Waals surface area contributed by atoms with Crippen LogP contribution in [0.15, 0.2) is 22.7 Å². The number of hydrogen-bond donors (Lipinski definition) is 2. The molecule has 96 valence electrons. The molecule has 19 heavy (non-hydrogen) atoms. The van der Waals surface area contributed by atoms with Gasteiger partial charge in [0.1, 0.15) is 17.5 Å². The normalized spacial score (nSPS) is 10.0. The quantitative estimate of drug-likeness (QED) is 0.888. The zero-order valence-corrected chi connectivity index (χ0v) is 12.1. The topological polar surface area (TPSA) is 87.6 Å². The van der Waals surface area contributed by atoms with Gasteiger partial charge in [0.25, 0.3) is 0 Å². The van der Waals surface area contributed by atoms with Crippen LogP contribution in [0.2, 0.25) is 0 Å². The van der Waals surface area contributed by atoms with Gasteiger partial charge in [0.05, 0.1) is 17.3 Å². The molecule has 0 unspecified atom stereocenters. The highest BCUT2D eigenvalue weighted by molar-refractivity contribution is 9.10. The summed E-state index contributed by atoms with van der Waals surface area (Å²) in [6.07, 6.45) is 0. The average Bonchev–Trinajstić information content (AvgIpc) is 2.37. The molecule has 0 amide bonds. The van der Waals surface area contributed by atoms with E-state index < -0.39 is 0 Å². The molecule has 0 saturated heterocycles. The van der Waals surface area contributed by atoms with E-state index in [1.807, 2.05) is 13.0 Å². The van der Waals surface area contributed by atoms with Crippen molar-refractivity contribution >= 4 is 33.3 Å². The first-order valence-electron chi connectivity index (χ1n) is 5.58. The monoisotopic (exact) mass is 317 g/mol. The fraction of sp³-hybridized carbons (Fsp3) is 0.154. The summed E-state index contributed by atoms with van der Waals surface area (Å²) >= 11 is 3.42. The van der Waals surface area contributed by atoms with Gasteiger partial charge in [-0.05, 0) is 48.0 Å². The molecule has 0 radical (unpaired) electrons. The Balaban J connectivity index is 2.39. The standard InChI is InChI=1S/C13H12BrN5/c1-7-12(16)17-8(2)18-13(7)19-11-4-3-9(6-15)5-10(11)14/h3-5H,1-2H3,(H3,16,17,18,19). The van der Waals surface area contributed by atoms with Crippen LogP contribution in [0.5, 0.6) is 0 Å². The van der Waals surface area contributed by atoms with Gasteiger partial charge in [0, 0.05) is 10.0 Å². The van der Waals surface area contributed by atoms with Crippen molar-refractivity contribution < 1.29 is 0 Å². The largest absolute Gasteiger partial charge is 0.383 e. The van der Waals surface area contributed by atoms with Crippen LogP contribution in [0.1, 0.15) is 17.0 Å². The summed E-state index contributed by atoms with van der Waals surface area (Å²) in [5.74, 6) is 1.73. The van der Waals surface area contributed by atoms with Gasteiger partial charge in [-0.15, -0.1) is 0 Å². The lowest BCUT2D eigenvalue weighted by atomic mass is 10.2. The van der Waals surface area contributed by atoms with Crippen molar-refractivity contribution in [1.82, 2.24) is 9.97 Å². The van der Waals surface area contributed by atoms with Crippen LogP contribution in [0, 0.1) is 25.2 Å². The molecule has 1 aromatic carbocycles. The second-order valence-electron chi connectivity index (χ2n) is 4.06.